The summed E-state index contributed by atoms with van der Waals surface area (Å²) in [6, 6.07) is 9.18. The van der Waals surface area contributed by atoms with Gasteiger partial charge < -0.3 is 9.88 Å². The molecule has 1 aromatic heterocycles. The highest BCUT2D eigenvalue weighted by molar-refractivity contribution is 5.81. The fraction of sp³-hybridized carbons (Fsp3) is 0.467. The summed E-state index contributed by atoms with van der Waals surface area (Å²) in [4.78, 5) is 0. The number of nitrogens with zero attached hydrogens (tertiary/aromatic N) is 1. The summed E-state index contributed by atoms with van der Waals surface area (Å²) in [6.45, 7) is 1.10. The van der Waals surface area contributed by atoms with E-state index in [9.17, 15) is 0 Å². The molecule has 2 heteroatoms. The van der Waals surface area contributed by atoms with Gasteiger partial charge in [-0.1, -0.05) is 12.5 Å². The first-order valence-electron chi connectivity index (χ1n) is 6.45. The van der Waals surface area contributed by atoms with E-state index in [0.717, 1.165) is 6.54 Å². The van der Waals surface area contributed by atoms with Gasteiger partial charge in [0.2, 0.25) is 0 Å². The zero-order valence-electron chi connectivity index (χ0n) is 10.7. The van der Waals surface area contributed by atoms with E-state index in [0.29, 0.717) is 5.41 Å². The van der Waals surface area contributed by atoms with Gasteiger partial charge in [0.15, 0.2) is 0 Å². The maximum atomic E-state index is 3.36. The number of benzene rings is 1. The van der Waals surface area contributed by atoms with Gasteiger partial charge in [-0.2, -0.15) is 0 Å². The Labute approximate surface area is 103 Å². The molecule has 1 aromatic carbocycles. The minimum Gasteiger partial charge on any atom is -0.351 e. The summed E-state index contributed by atoms with van der Waals surface area (Å²) in [5, 5.41) is 4.72. The Balaban J connectivity index is 2.05. The van der Waals surface area contributed by atoms with E-state index in [1.165, 1.54) is 35.7 Å². The summed E-state index contributed by atoms with van der Waals surface area (Å²) >= 11 is 0. The zero-order valence-corrected chi connectivity index (χ0v) is 10.7. The van der Waals surface area contributed by atoms with Crippen LogP contribution in [0.1, 0.15) is 24.8 Å². The maximum Gasteiger partial charge on any atom is 0.0477 e. The lowest BCUT2D eigenvalue weighted by molar-refractivity contribution is 0.239. The average Bonchev–Trinajstić information content (AvgIpc) is 2.65. The first-order valence-corrected chi connectivity index (χ1v) is 6.45. The molecule has 0 bridgehead atoms. The first-order chi connectivity index (χ1) is 8.25. The molecule has 0 saturated heterocycles. The van der Waals surface area contributed by atoms with Crippen molar-refractivity contribution in [2.45, 2.75) is 24.7 Å². The molecule has 2 nitrogen and oxygen atoms in total. The van der Waals surface area contributed by atoms with Crippen LogP contribution in [0.2, 0.25) is 0 Å². The van der Waals surface area contributed by atoms with E-state index in [1.807, 2.05) is 0 Å². The number of nitrogens with one attached hydrogen (secondary N) is 1. The fourth-order valence-corrected chi connectivity index (χ4v) is 3.12. The van der Waals surface area contributed by atoms with Crippen molar-refractivity contribution in [3.05, 3.63) is 36.0 Å². The number of hydrogen-bond acceptors (Lipinski definition) is 1. The van der Waals surface area contributed by atoms with Crippen molar-refractivity contribution in [1.29, 1.82) is 0 Å². The summed E-state index contributed by atoms with van der Waals surface area (Å²) in [6.07, 6.45) is 6.16. The third-order valence-electron chi connectivity index (χ3n) is 4.32. The SMILES string of the molecule is CNCC1(c2ccc3c(ccn3C)c2)CCC1. The normalized spacial score (nSPS) is 18.2. The Morgan fingerprint density at radius 3 is 2.76 bits per heavy atom. The van der Waals surface area contributed by atoms with Crippen LogP contribution in [0.5, 0.6) is 0 Å². The quantitative estimate of drug-likeness (QED) is 0.854. The highest BCUT2D eigenvalue weighted by Crippen LogP contribution is 2.43. The van der Waals surface area contributed by atoms with E-state index >= 15 is 0 Å². The van der Waals surface area contributed by atoms with Crippen LogP contribution in [0.3, 0.4) is 0 Å². The highest BCUT2D eigenvalue weighted by Gasteiger charge is 2.37. The van der Waals surface area contributed by atoms with E-state index in [2.05, 4.69) is 54.4 Å². The Morgan fingerprint density at radius 1 is 1.29 bits per heavy atom. The van der Waals surface area contributed by atoms with E-state index in [1.54, 1.807) is 0 Å². The number of hydrogen-bond donors (Lipinski definition) is 1. The van der Waals surface area contributed by atoms with Crippen molar-refractivity contribution < 1.29 is 0 Å². The smallest absolute Gasteiger partial charge is 0.0477 e. The molecule has 3 rings (SSSR count). The molecule has 1 fully saturated rings. The molecule has 1 aliphatic rings. The summed E-state index contributed by atoms with van der Waals surface area (Å²) < 4.78 is 2.19. The molecule has 2 aromatic rings. The monoisotopic (exact) mass is 228 g/mol. The Morgan fingerprint density at radius 2 is 2.12 bits per heavy atom. The van der Waals surface area contributed by atoms with Gasteiger partial charge in [-0.3, -0.25) is 0 Å². The summed E-state index contributed by atoms with van der Waals surface area (Å²) in [7, 11) is 4.16. The predicted molar refractivity (Wildman–Crippen MR) is 72.4 cm³/mol. The van der Waals surface area contributed by atoms with Gasteiger partial charge in [0.25, 0.3) is 0 Å². The van der Waals surface area contributed by atoms with E-state index < -0.39 is 0 Å². The van der Waals surface area contributed by atoms with Crippen molar-refractivity contribution in [3.63, 3.8) is 0 Å². The van der Waals surface area contributed by atoms with Gasteiger partial charge in [-0.25, -0.2) is 0 Å². The topological polar surface area (TPSA) is 17.0 Å². The molecule has 17 heavy (non-hydrogen) atoms. The molecule has 1 saturated carbocycles. The van der Waals surface area contributed by atoms with Gasteiger partial charge in [0, 0.05) is 30.7 Å². The Bertz CT molecular complexity index is 535. The van der Waals surface area contributed by atoms with Crippen molar-refractivity contribution in [3.8, 4) is 0 Å². The second kappa shape index (κ2) is 3.88. The van der Waals surface area contributed by atoms with Gasteiger partial charge in [-0.15, -0.1) is 0 Å². The van der Waals surface area contributed by atoms with Gasteiger partial charge >= 0.3 is 0 Å². The second-order valence-electron chi connectivity index (χ2n) is 5.36. The molecule has 1 aliphatic carbocycles. The van der Waals surface area contributed by atoms with Crippen LogP contribution < -0.4 is 5.32 Å². The van der Waals surface area contributed by atoms with Crippen LogP contribution in [0.15, 0.2) is 30.5 Å². The van der Waals surface area contributed by atoms with Crippen LogP contribution in [-0.2, 0) is 12.5 Å². The molecular weight excluding hydrogens is 208 g/mol. The zero-order chi connectivity index (χ0) is 11.9. The highest BCUT2D eigenvalue weighted by atomic mass is 14.9. The minimum absolute atomic E-state index is 0.402. The molecule has 0 unspecified atom stereocenters. The largest absolute Gasteiger partial charge is 0.351 e. The molecule has 0 aliphatic heterocycles. The molecule has 0 spiro atoms. The number of fused-ring (bicyclic) bond motifs is 1. The van der Waals surface area contributed by atoms with Crippen LogP contribution in [0, 0.1) is 0 Å². The van der Waals surface area contributed by atoms with Crippen LogP contribution in [0.4, 0.5) is 0 Å². The lowest BCUT2D eigenvalue weighted by Crippen LogP contribution is -2.42. The van der Waals surface area contributed by atoms with Crippen LogP contribution >= 0.6 is 0 Å². The molecule has 1 heterocycles. The molecular formula is C15H20N2. The standard InChI is InChI=1S/C15H20N2/c1-16-11-15(7-3-8-15)13-4-5-14-12(10-13)6-9-17(14)2/h4-6,9-10,16H,3,7-8,11H2,1-2H3. The lowest BCUT2D eigenvalue weighted by atomic mass is 9.64. The summed E-state index contributed by atoms with van der Waals surface area (Å²) in [5.74, 6) is 0. The number of likely N-dealkylation sites (N-methyl/N-ethyl adjacent to an activating group) is 1. The predicted octanol–water partition coefficient (Wildman–Crippen LogP) is 2.82. The number of aromatic nitrogens is 1. The van der Waals surface area contributed by atoms with Crippen molar-refractivity contribution >= 4 is 10.9 Å². The first kappa shape index (κ1) is 10.8. The molecule has 1 N–H and O–H groups in total. The number of aryl methyl sites for hydroxylation is 1. The third-order valence-corrected chi connectivity index (χ3v) is 4.32. The summed E-state index contributed by atoms with van der Waals surface area (Å²) in [5.41, 5.74) is 3.24. The Kier molecular flexibility index (Phi) is 2.48. The number of rotatable bonds is 3. The molecule has 0 amide bonds. The van der Waals surface area contributed by atoms with Gasteiger partial charge in [0.1, 0.15) is 0 Å². The Hall–Kier alpha value is -1.28. The van der Waals surface area contributed by atoms with E-state index in [-0.39, 0.29) is 0 Å². The van der Waals surface area contributed by atoms with Crippen molar-refractivity contribution in [2.75, 3.05) is 13.6 Å². The van der Waals surface area contributed by atoms with Gasteiger partial charge in [-0.05, 0) is 49.0 Å². The van der Waals surface area contributed by atoms with Gasteiger partial charge in [0.05, 0.1) is 0 Å². The molecule has 90 valence electrons. The molecule has 0 radical (unpaired) electrons. The van der Waals surface area contributed by atoms with Crippen LogP contribution in [-0.4, -0.2) is 18.2 Å². The average molecular weight is 228 g/mol. The lowest BCUT2D eigenvalue weighted by Gasteiger charge is -2.42. The fourth-order valence-electron chi connectivity index (χ4n) is 3.12. The third kappa shape index (κ3) is 1.59. The second-order valence-corrected chi connectivity index (χ2v) is 5.36. The minimum atomic E-state index is 0.402. The van der Waals surface area contributed by atoms with Crippen LogP contribution in [0.25, 0.3) is 10.9 Å². The van der Waals surface area contributed by atoms with Crippen molar-refractivity contribution in [2.24, 2.45) is 7.05 Å². The molecule has 0 atom stereocenters. The maximum absolute atomic E-state index is 3.36. The van der Waals surface area contributed by atoms with Crippen molar-refractivity contribution in [1.82, 2.24) is 9.88 Å². The van der Waals surface area contributed by atoms with E-state index in [4.69, 9.17) is 0 Å².